The van der Waals surface area contributed by atoms with E-state index in [-0.39, 0.29) is 30.6 Å². The van der Waals surface area contributed by atoms with Crippen LogP contribution in [0.15, 0.2) is 0 Å². The van der Waals surface area contributed by atoms with Gasteiger partial charge in [0.1, 0.15) is 5.00 Å². The lowest BCUT2D eigenvalue weighted by Crippen LogP contribution is -2.49. The second-order valence-corrected chi connectivity index (χ2v) is 8.33. The van der Waals surface area contributed by atoms with Crippen LogP contribution >= 0.6 is 11.3 Å². The number of hydrogen-bond donors (Lipinski definition) is 1. The van der Waals surface area contributed by atoms with Crippen LogP contribution in [-0.2, 0) is 31.9 Å². The SMILES string of the molecule is CC(=O)Nc1sc2c(c1C(=O)OCC(=O)N1C[C@@H](C)O[C@H](C)C1)CCCC2. The normalized spacial score (nSPS) is 22.1. The molecule has 1 aliphatic heterocycles. The fourth-order valence-electron chi connectivity index (χ4n) is 3.70. The largest absolute Gasteiger partial charge is 0.452 e. The first-order valence-electron chi connectivity index (χ1n) is 9.37. The van der Waals surface area contributed by atoms with Gasteiger partial charge in [0.05, 0.1) is 17.8 Å². The number of ether oxygens (including phenoxy) is 2. The number of rotatable bonds is 4. The van der Waals surface area contributed by atoms with Gasteiger partial charge in [-0.05, 0) is 45.1 Å². The van der Waals surface area contributed by atoms with Crippen molar-refractivity contribution in [3.8, 4) is 0 Å². The van der Waals surface area contributed by atoms with Crippen LogP contribution in [0.25, 0.3) is 0 Å². The molecule has 0 aromatic carbocycles. The fraction of sp³-hybridized carbons (Fsp3) is 0.632. The summed E-state index contributed by atoms with van der Waals surface area (Å²) in [5, 5.41) is 3.27. The molecule has 1 saturated heterocycles. The van der Waals surface area contributed by atoms with Crippen LogP contribution in [-0.4, -0.2) is 54.6 Å². The Bertz CT molecular complexity index is 735. The van der Waals surface area contributed by atoms with Crippen LogP contribution in [0.4, 0.5) is 5.00 Å². The highest BCUT2D eigenvalue weighted by atomic mass is 32.1. The zero-order valence-corrected chi connectivity index (χ0v) is 16.8. The Hall–Kier alpha value is -1.93. The van der Waals surface area contributed by atoms with Crippen molar-refractivity contribution in [1.29, 1.82) is 0 Å². The van der Waals surface area contributed by atoms with Crippen LogP contribution in [0, 0.1) is 0 Å². The Kier molecular flexibility index (Phi) is 6.16. The summed E-state index contributed by atoms with van der Waals surface area (Å²) in [7, 11) is 0. The number of esters is 1. The van der Waals surface area contributed by atoms with Crippen molar-refractivity contribution in [3.05, 3.63) is 16.0 Å². The van der Waals surface area contributed by atoms with Gasteiger partial charge < -0.3 is 19.7 Å². The molecule has 7 nitrogen and oxygen atoms in total. The molecule has 0 unspecified atom stereocenters. The summed E-state index contributed by atoms with van der Waals surface area (Å²) in [5.41, 5.74) is 1.38. The summed E-state index contributed by atoms with van der Waals surface area (Å²) in [4.78, 5) is 39.5. The van der Waals surface area contributed by atoms with Gasteiger partial charge >= 0.3 is 5.97 Å². The molecular weight excluding hydrogens is 368 g/mol. The van der Waals surface area contributed by atoms with E-state index in [0.717, 1.165) is 36.1 Å². The third-order valence-electron chi connectivity index (χ3n) is 4.76. The number of amides is 2. The molecule has 1 aromatic rings. The minimum atomic E-state index is -0.541. The molecule has 0 bridgehead atoms. The van der Waals surface area contributed by atoms with Crippen molar-refractivity contribution in [2.24, 2.45) is 0 Å². The predicted molar refractivity (Wildman–Crippen MR) is 102 cm³/mol. The molecule has 3 rings (SSSR count). The standard InChI is InChI=1S/C19H26N2O5S/c1-11-8-21(9-12(2)26-11)16(23)10-25-19(24)17-14-6-4-5-7-15(14)27-18(17)20-13(3)22/h11-12H,4-10H2,1-3H3,(H,20,22)/t11-,12-/m1/s1. The molecule has 2 atom stereocenters. The smallest absolute Gasteiger partial charge is 0.341 e. The summed E-state index contributed by atoms with van der Waals surface area (Å²) >= 11 is 1.44. The highest BCUT2D eigenvalue weighted by molar-refractivity contribution is 7.17. The number of hydrogen-bond acceptors (Lipinski definition) is 6. The maximum Gasteiger partial charge on any atom is 0.341 e. The molecule has 0 radical (unpaired) electrons. The maximum atomic E-state index is 12.7. The molecule has 0 saturated carbocycles. The number of nitrogens with one attached hydrogen (secondary N) is 1. The zero-order valence-electron chi connectivity index (χ0n) is 16.0. The van der Waals surface area contributed by atoms with Crippen molar-refractivity contribution >= 4 is 34.1 Å². The topological polar surface area (TPSA) is 84.9 Å². The average molecular weight is 394 g/mol. The van der Waals surface area contributed by atoms with Crippen molar-refractivity contribution in [2.45, 2.75) is 58.7 Å². The van der Waals surface area contributed by atoms with Crippen molar-refractivity contribution in [1.82, 2.24) is 4.90 Å². The van der Waals surface area contributed by atoms with E-state index in [4.69, 9.17) is 9.47 Å². The van der Waals surface area contributed by atoms with Crippen molar-refractivity contribution in [3.63, 3.8) is 0 Å². The average Bonchev–Trinajstić information content (AvgIpc) is 2.95. The van der Waals surface area contributed by atoms with Gasteiger partial charge in [0.2, 0.25) is 5.91 Å². The van der Waals surface area contributed by atoms with E-state index in [9.17, 15) is 14.4 Å². The van der Waals surface area contributed by atoms with E-state index in [1.807, 2.05) is 13.8 Å². The van der Waals surface area contributed by atoms with Crippen LogP contribution in [0.5, 0.6) is 0 Å². The third kappa shape index (κ3) is 4.68. The van der Waals surface area contributed by atoms with Gasteiger partial charge in [-0.15, -0.1) is 11.3 Å². The summed E-state index contributed by atoms with van der Waals surface area (Å²) in [5.74, 6) is -0.994. The number of morpholine rings is 1. The molecule has 2 aliphatic rings. The maximum absolute atomic E-state index is 12.7. The van der Waals surface area contributed by atoms with E-state index in [1.165, 1.54) is 18.3 Å². The van der Waals surface area contributed by atoms with E-state index in [1.54, 1.807) is 4.90 Å². The zero-order chi connectivity index (χ0) is 19.6. The molecule has 1 aliphatic carbocycles. The van der Waals surface area contributed by atoms with Crippen molar-refractivity contribution in [2.75, 3.05) is 25.0 Å². The van der Waals surface area contributed by atoms with Gasteiger partial charge in [-0.1, -0.05) is 0 Å². The monoisotopic (exact) mass is 394 g/mol. The van der Waals surface area contributed by atoms with Gasteiger partial charge in [-0.25, -0.2) is 4.79 Å². The first-order valence-corrected chi connectivity index (χ1v) is 10.2. The first-order chi connectivity index (χ1) is 12.8. The highest BCUT2D eigenvalue weighted by Crippen LogP contribution is 2.38. The minimum absolute atomic E-state index is 0.0383. The van der Waals surface area contributed by atoms with Gasteiger partial charge in [-0.2, -0.15) is 0 Å². The molecule has 0 spiro atoms. The molecular formula is C19H26N2O5S. The second kappa shape index (κ2) is 8.39. The van der Waals surface area contributed by atoms with E-state index >= 15 is 0 Å². The first kappa shape index (κ1) is 19.8. The second-order valence-electron chi connectivity index (χ2n) is 7.23. The van der Waals surface area contributed by atoms with Gasteiger partial charge in [0.25, 0.3) is 5.91 Å². The Labute approximate surface area is 163 Å². The Morgan fingerprint density at radius 3 is 2.52 bits per heavy atom. The van der Waals surface area contributed by atoms with E-state index in [0.29, 0.717) is 23.7 Å². The highest BCUT2D eigenvalue weighted by Gasteiger charge is 2.29. The number of carbonyl (C=O) groups excluding carboxylic acids is 3. The van der Waals surface area contributed by atoms with E-state index < -0.39 is 5.97 Å². The van der Waals surface area contributed by atoms with E-state index in [2.05, 4.69) is 5.32 Å². The lowest BCUT2D eigenvalue weighted by Gasteiger charge is -2.35. The molecule has 2 amide bonds. The quantitative estimate of drug-likeness (QED) is 0.793. The number of fused-ring (bicyclic) bond motifs is 1. The Morgan fingerprint density at radius 2 is 1.85 bits per heavy atom. The molecule has 1 N–H and O–H groups in total. The number of thiophene rings is 1. The van der Waals surface area contributed by atoms with Crippen LogP contribution in [0.3, 0.4) is 0 Å². The lowest BCUT2D eigenvalue weighted by molar-refractivity contribution is -0.146. The minimum Gasteiger partial charge on any atom is -0.452 e. The van der Waals surface area contributed by atoms with Crippen molar-refractivity contribution < 1.29 is 23.9 Å². The number of aryl methyl sites for hydroxylation is 1. The molecule has 148 valence electrons. The lowest BCUT2D eigenvalue weighted by atomic mass is 9.95. The van der Waals surface area contributed by atoms with Gasteiger partial charge in [-0.3, -0.25) is 9.59 Å². The van der Waals surface area contributed by atoms with Gasteiger partial charge in [0, 0.05) is 24.9 Å². The molecule has 27 heavy (non-hydrogen) atoms. The predicted octanol–water partition coefficient (Wildman–Crippen LogP) is 2.38. The van der Waals surface area contributed by atoms with Crippen LogP contribution < -0.4 is 5.32 Å². The summed E-state index contributed by atoms with van der Waals surface area (Å²) in [6, 6.07) is 0. The Balaban J connectivity index is 1.69. The molecule has 1 aromatic heterocycles. The number of anilines is 1. The number of nitrogens with zero attached hydrogens (tertiary/aromatic N) is 1. The summed E-state index contributed by atoms with van der Waals surface area (Å²) < 4.78 is 11.0. The summed E-state index contributed by atoms with van der Waals surface area (Å²) in [6.07, 6.45) is 3.71. The van der Waals surface area contributed by atoms with Gasteiger partial charge in [0.15, 0.2) is 6.61 Å². The van der Waals surface area contributed by atoms with Crippen LogP contribution in [0.2, 0.25) is 0 Å². The third-order valence-corrected chi connectivity index (χ3v) is 5.97. The molecule has 1 fully saturated rings. The Morgan fingerprint density at radius 1 is 1.19 bits per heavy atom. The molecule has 8 heteroatoms. The fourth-order valence-corrected chi connectivity index (χ4v) is 5.03. The van der Waals surface area contributed by atoms with Crippen LogP contribution in [0.1, 0.15) is 54.4 Å². The number of carbonyl (C=O) groups is 3. The summed E-state index contributed by atoms with van der Waals surface area (Å²) in [6.45, 7) is 5.93. The molecule has 2 heterocycles.